The molecule has 7 nitrogen and oxygen atoms in total. The highest BCUT2D eigenvalue weighted by atomic mass is 32.2. The van der Waals surface area contributed by atoms with Crippen LogP contribution in [-0.4, -0.2) is 43.5 Å². The summed E-state index contributed by atoms with van der Waals surface area (Å²) in [6.07, 6.45) is -2.75. The molecule has 34 heavy (non-hydrogen) atoms. The lowest BCUT2D eigenvalue weighted by Crippen LogP contribution is -2.53. The third kappa shape index (κ3) is 5.35. The Morgan fingerprint density at radius 1 is 0.971 bits per heavy atom. The van der Waals surface area contributed by atoms with Crippen molar-refractivity contribution in [3.63, 3.8) is 0 Å². The maximum absolute atomic E-state index is 12.8. The summed E-state index contributed by atoms with van der Waals surface area (Å²) in [5, 5.41) is 0. The molecular weight excluding hydrogens is 473 g/mol. The van der Waals surface area contributed by atoms with E-state index in [9.17, 15) is 31.2 Å². The number of piperidine rings is 1. The van der Waals surface area contributed by atoms with Crippen LogP contribution in [0.15, 0.2) is 59.5 Å². The Hall–Kier alpha value is -3.08. The van der Waals surface area contributed by atoms with E-state index in [-0.39, 0.29) is 30.6 Å². The van der Waals surface area contributed by atoms with Crippen molar-refractivity contribution in [2.24, 2.45) is 0 Å². The lowest BCUT2D eigenvalue weighted by atomic mass is 10.00. The molecule has 1 N–H and O–H groups in total. The number of amides is 2. The first-order valence-electron chi connectivity index (χ1n) is 10.8. The van der Waals surface area contributed by atoms with Gasteiger partial charge in [0.15, 0.2) is 0 Å². The first-order chi connectivity index (χ1) is 16.0. The molecule has 4 rings (SSSR count). The summed E-state index contributed by atoms with van der Waals surface area (Å²) in [5.74, 6) is -0.363. The average molecular weight is 497 g/mol. The van der Waals surface area contributed by atoms with Gasteiger partial charge < -0.3 is 9.64 Å². The maximum Gasteiger partial charge on any atom is 0.416 e. The van der Waals surface area contributed by atoms with Crippen LogP contribution in [0, 0.1) is 0 Å². The molecule has 2 aliphatic heterocycles. The molecule has 2 saturated heterocycles. The van der Waals surface area contributed by atoms with Crippen LogP contribution < -0.4 is 4.72 Å². The van der Waals surface area contributed by atoms with Gasteiger partial charge >= 0.3 is 18.2 Å². The highest BCUT2D eigenvalue weighted by Crippen LogP contribution is 2.37. The molecule has 2 aliphatic rings. The van der Waals surface area contributed by atoms with Crippen LogP contribution in [0.4, 0.5) is 18.0 Å². The zero-order valence-electron chi connectivity index (χ0n) is 18.0. The first kappa shape index (κ1) is 24.1. The smallest absolute Gasteiger partial charge is 0.416 e. The second kappa shape index (κ2) is 9.28. The van der Waals surface area contributed by atoms with Crippen molar-refractivity contribution < 1.29 is 35.9 Å². The Bertz CT molecular complexity index is 1140. The molecule has 3 atom stereocenters. The molecule has 0 aliphatic carbocycles. The molecule has 0 radical (unpaired) electrons. The third-order valence-corrected chi connectivity index (χ3v) is 7.46. The number of carbonyl (C=O) groups is 2. The number of nitrogens with zero attached hydrogens (tertiary/aromatic N) is 1. The van der Waals surface area contributed by atoms with Gasteiger partial charge in [-0.2, -0.15) is 13.2 Å². The molecule has 2 bridgehead atoms. The molecule has 0 saturated carbocycles. The number of urea groups is 1. The number of rotatable bonds is 5. The van der Waals surface area contributed by atoms with Crippen molar-refractivity contribution in [2.45, 2.75) is 61.4 Å². The molecule has 0 aromatic heterocycles. The summed E-state index contributed by atoms with van der Waals surface area (Å²) >= 11 is 0. The number of ether oxygens (including phenoxy) is 1. The minimum absolute atomic E-state index is 0.141. The Balaban J connectivity index is 1.36. The fourth-order valence-electron chi connectivity index (χ4n) is 4.59. The van der Waals surface area contributed by atoms with E-state index < -0.39 is 32.7 Å². The van der Waals surface area contributed by atoms with Gasteiger partial charge in [-0.1, -0.05) is 30.3 Å². The van der Waals surface area contributed by atoms with Crippen LogP contribution in [0.3, 0.4) is 0 Å². The Morgan fingerprint density at radius 2 is 1.56 bits per heavy atom. The molecule has 2 heterocycles. The lowest BCUT2D eigenvalue weighted by Gasteiger charge is -2.38. The number of halogens is 3. The largest absolute Gasteiger partial charge is 0.462 e. The van der Waals surface area contributed by atoms with Crippen molar-refractivity contribution in [1.29, 1.82) is 0 Å². The van der Waals surface area contributed by atoms with E-state index in [0.29, 0.717) is 37.8 Å². The van der Waals surface area contributed by atoms with E-state index in [0.717, 1.165) is 17.7 Å². The number of esters is 1. The normalized spacial score (nSPS) is 22.3. The maximum atomic E-state index is 12.8. The molecule has 2 amide bonds. The molecule has 1 unspecified atom stereocenters. The van der Waals surface area contributed by atoms with Gasteiger partial charge in [-0.05, 0) is 42.7 Å². The summed E-state index contributed by atoms with van der Waals surface area (Å²) in [7, 11) is -4.35. The predicted molar refractivity (Wildman–Crippen MR) is 115 cm³/mol. The van der Waals surface area contributed by atoms with Crippen LogP contribution in [0.25, 0.3) is 0 Å². The quantitative estimate of drug-likeness (QED) is 0.635. The average Bonchev–Trinajstić information content (AvgIpc) is 3.04. The lowest BCUT2D eigenvalue weighted by molar-refractivity contribution is -0.151. The summed E-state index contributed by atoms with van der Waals surface area (Å²) in [6, 6.07) is 10.7. The zero-order valence-corrected chi connectivity index (χ0v) is 18.8. The minimum Gasteiger partial charge on any atom is -0.462 e. The number of carbonyl (C=O) groups excluding carboxylic acids is 2. The summed E-state index contributed by atoms with van der Waals surface area (Å²) < 4.78 is 70.8. The second-order valence-corrected chi connectivity index (χ2v) is 10.2. The van der Waals surface area contributed by atoms with Gasteiger partial charge in [-0.3, -0.25) is 4.79 Å². The highest BCUT2D eigenvalue weighted by molar-refractivity contribution is 7.90. The topological polar surface area (TPSA) is 92.8 Å². The van der Waals surface area contributed by atoms with Crippen molar-refractivity contribution in [2.75, 3.05) is 0 Å². The Morgan fingerprint density at radius 3 is 2.12 bits per heavy atom. The summed E-state index contributed by atoms with van der Waals surface area (Å²) in [5.41, 5.74) is -0.152. The van der Waals surface area contributed by atoms with Gasteiger partial charge in [-0.25, -0.2) is 17.9 Å². The van der Waals surface area contributed by atoms with Gasteiger partial charge in [-0.15, -0.1) is 0 Å². The van der Waals surface area contributed by atoms with Crippen LogP contribution in [0.2, 0.25) is 0 Å². The molecule has 182 valence electrons. The summed E-state index contributed by atoms with van der Waals surface area (Å²) in [4.78, 5) is 26.1. The van der Waals surface area contributed by atoms with E-state index in [1.54, 1.807) is 0 Å². The van der Waals surface area contributed by atoms with E-state index in [1.165, 1.54) is 4.90 Å². The summed E-state index contributed by atoms with van der Waals surface area (Å²) in [6.45, 7) is 0. The SMILES string of the molecule is O=C(Cc1ccccc1)OC1C[C@H]2CC[C@@H](C1)N2C(=O)NS(=O)(=O)c1ccc(C(F)(F)F)cc1. The highest BCUT2D eigenvalue weighted by Gasteiger charge is 2.45. The fraction of sp³-hybridized carbons (Fsp3) is 0.391. The number of sulfonamides is 1. The van der Waals surface area contributed by atoms with Gasteiger partial charge in [0.25, 0.3) is 10.0 Å². The monoisotopic (exact) mass is 496 g/mol. The van der Waals surface area contributed by atoms with E-state index in [1.807, 2.05) is 35.1 Å². The number of benzene rings is 2. The van der Waals surface area contributed by atoms with E-state index in [4.69, 9.17) is 4.74 Å². The molecule has 11 heteroatoms. The Labute approximate surface area is 194 Å². The zero-order chi connectivity index (χ0) is 24.5. The fourth-order valence-corrected chi connectivity index (χ4v) is 5.54. The van der Waals surface area contributed by atoms with Crippen molar-refractivity contribution in [1.82, 2.24) is 9.62 Å². The van der Waals surface area contributed by atoms with Crippen LogP contribution >= 0.6 is 0 Å². The van der Waals surface area contributed by atoms with Crippen LogP contribution in [0.1, 0.15) is 36.8 Å². The van der Waals surface area contributed by atoms with Crippen LogP contribution in [0.5, 0.6) is 0 Å². The number of hydrogen-bond acceptors (Lipinski definition) is 5. The Kier molecular flexibility index (Phi) is 6.57. The molecular formula is C23H23F3N2O5S. The predicted octanol–water partition coefficient (Wildman–Crippen LogP) is 3.89. The van der Waals surface area contributed by atoms with E-state index in [2.05, 4.69) is 0 Å². The molecule has 2 aromatic carbocycles. The second-order valence-electron chi connectivity index (χ2n) is 8.47. The van der Waals surface area contributed by atoms with Gasteiger partial charge in [0, 0.05) is 24.9 Å². The molecule has 2 aromatic rings. The number of fused-ring (bicyclic) bond motifs is 2. The first-order valence-corrected chi connectivity index (χ1v) is 12.3. The number of alkyl halides is 3. The van der Waals surface area contributed by atoms with Gasteiger partial charge in [0.2, 0.25) is 0 Å². The third-order valence-electron chi connectivity index (χ3n) is 6.13. The van der Waals surface area contributed by atoms with Gasteiger partial charge in [0.05, 0.1) is 16.9 Å². The van der Waals surface area contributed by atoms with Crippen molar-refractivity contribution in [3.8, 4) is 0 Å². The van der Waals surface area contributed by atoms with E-state index >= 15 is 0 Å². The number of hydrogen-bond donors (Lipinski definition) is 1. The number of nitrogens with one attached hydrogen (secondary N) is 1. The molecule has 2 fully saturated rings. The van der Waals surface area contributed by atoms with Crippen LogP contribution in [-0.2, 0) is 32.2 Å². The van der Waals surface area contributed by atoms with Gasteiger partial charge in [0.1, 0.15) is 6.10 Å². The van der Waals surface area contributed by atoms with Crippen molar-refractivity contribution in [3.05, 3.63) is 65.7 Å². The molecule has 0 spiro atoms. The minimum atomic E-state index is -4.60. The van der Waals surface area contributed by atoms with Crippen molar-refractivity contribution >= 4 is 22.0 Å². The standard InChI is InChI=1S/C23H23F3N2O5S/c24-23(25,26)16-6-10-20(11-7-16)34(31,32)27-22(30)28-17-8-9-18(28)14-19(13-17)33-21(29)12-15-4-2-1-3-5-15/h1-7,10-11,17-19H,8-9,12-14H2,(H,27,30)/t17-,18+,19?.